The van der Waals surface area contributed by atoms with Gasteiger partial charge in [-0.25, -0.2) is 9.78 Å². The average Bonchev–Trinajstić information content (AvgIpc) is 2.46. The van der Waals surface area contributed by atoms with Crippen molar-refractivity contribution in [3.05, 3.63) is 35.9 Å². The summed E-state index contributed by atoms with van der Waals surface area (Å²) >= 11 is 1.65. The van der Waals surface area contributed by atoms with Gasteiger partial charge in [0.15, 0.2) is 0 Å². The van der Waals surface area contributed by atoms with E-state index in [-0.39, 0.29) is 0 Å². The molecule has 0 bridgehead atoms. The van der Waals surface area contributed by atoms with E-state index in [4.69, 9.17) is 0 Å². The summed E-state index contributed by atoms with van der Waals surface area (Å²) in [6.07, 6.45) is 4.82. The van der Waals surface area contributed by atoms with Crippen molar-refractivity contribution in [2.45, 2.75) is 42.9 Å². The third-order valence-corrected chi connectivity index (χ3v) is 5.38. The molecule has 110 valence electrons. The number of carboxylic acid groups (broad SMARTS) is 1. The quantitative estimate of drug-likeness (QED) is 0.900. The molecule has 2 unspecified atom stereocenters. The van der Waals surface area contributed by atoms with E-state index in [1.54, 1.807) is 17.8 Å². The molecule has 1 saturated carbocycles. The number of para-hydroxylation sites is 1. The Labute approximate surface area is 128 Å². The maximum absolute atomic E-state index is 11.5. The van der Waals surface area contributed by atoms with Crippen molar-refractivity contribution >= 4 is 28.6 Å². The Morgan fingerprint density at radius 1 is 1.33 bits per heavy atom. The summed E-state index contributed by atoms with van der Waals surface area (Å²) in [7, 11) is 0. The zero-order valence-corrected chi connectivity index (χ0v) is 12.9. The second-order valence-corrected chi connectivity index (χ2v) is 7.14. The number of aromatic carboxylic acids is 1. The monoisotopic (exact) mass is 301 g/mol. The van der Waals surface area contributed by atoms with Crippen molar-refractivity contribution in [1.82, 2.24) is 4.98 Å². The fourth-order valence-electron chi connectivity index (χ4n) is 2.98. The van der Waals surface area contributed by atoms with E-state index >= 15 is 0 Å². The zero-order valence-electron chi connectivity index (χ0n) is 12.1. The third-order valence-electron chi connectivity index (χ3n) is 4.09. The standard InChI is InChI=1S/C17H19NO2S/c1-11-5-4-7-13(9-11)21-16-14(17(19)20)10-12-6-2-3-8-15(12)18-16/h2-3,6,8,10-11,13H,4-5,7,9H2,1H3,(H,19,20). The lowest BCUT2D eigenvalue weighted by atomic mass is 9.91. The summed E-state index contributed by atoms with van der Waals surface area (Å²) in [5.74, 6) is -0.162. The Morgan fingerprint density at radius 3 is 2.90 bits per heavy atom. The normalized spacial score (nSPS) is 22.3. The molecular weight excluding hydrogens is 282 g/mol. The average molecular weight is 301 g/mol. The van der Waals surface area contributed by atoms with E-state index in [0.29, 0.717) is 15.8 Å². The maximum atomic E-state index is 11.5. The van der Waals surface area contributed by atoms with Gasteiger partial charge in [-0.2, -0.15) is 0 Å². The summed E-state index contributed by atoms with van der Waals surface area (Å²) < 4.78 is 0. The fraction of sp³-hybridized carbons (Fsp3) is 0.412. The summed E-state index contributed by atoms with van der Waals surface area (Å²) in [5.41, 5.74) is 1.20. The van der Waals surface area contributed by atoms with Crippen LogP contribution in [0.1, 0.15) is 43.0 Å². The van der Waals surface area contributed by atoms with Gasteiger partial charge in [-0.05, 0) is 30.9 Å². The Hall–Kier alpha value is -1.55. The molecule has 0 saturated heterocycles. The van der Waals surface area contributed by atoms with Gasteiger partial charge in [0.05, 0.1) is 11.1 Å². The molecule has 1 aromatic carbocycles. The number of hydrogen-bond acceptors (Lipinski definition) is 3. The number of rotatable bonds is 3. The first kappa shape index (κ1) is 14.4. The first-order valence-corrected chi connectivity index (χ1v) is 8.31. The molecule has 1 aliphatic rings. The molecule has 0 radical (unpaired) electrons. The molecule has 1 aromatic heterocycles. The summed E-state index contributed by atoms with van der Waals surface area (Å²) in [6.45, 7) is 2.28. The number of fused-ring (bicyclic) bond motifs is 1. The Kier molecular flexibility index (Phi) is 4.15. The van der Waals surface area contributed by atoms with Gasteiger partial charge in [-0.3, -0.25) is 0 Å². The van der Waals surface area contributed by atoms with Gasteiger partial charge < -0.3 is 5.11 Å². The lowest BCUT2D eigenvalue weighted by Gasteiger charge is -2.26. The zero-order chi connectivity index (χ0) is 14.8. The molecule has 2 atom stereocenters. The second-order valence-electron chi connectivity index (χ2n) is 5.85. The van der Waals surface area contributed by atoms with E-state index in [9.17, 15) is 9.90 Å². The molecule has 0 aliphatic heterocycles. The highest BCUT2D eigenvalue weighted by Gasteiger charge is 2.23. The molecule has 3 nitrogen and oxygen atoms in total. The molecule has 2 aromatic rings. The molecule has 1 N–H and O–H groups in total. The number of nitrogens with zero attached hydrogens (tertiary/aromatic N) is 1. The van der Waals surface area contributed by atoms with Crippen LogP contribution in [0.25, 0.3) is 10.9 Å². The van der Waals surface area contributed by atoms with Crippen molar-refractivity contribution in [2.75, 3.05) is 0 Å². The molecular formula is C17H19NO2S. The van der Waals surface area contributed by atoms with Gasteiger partial charge in [0.25, 0.3) is 0 Å². The first-order chi connectivity index (χ1) is 10.1. The van der Waals surface area contributed by atoms with Gasteiger partial charge in [0.1, 0.15) is 5.03 Å². The molecule has 0 amide bonds. The summed E-state index contributed by atoms with van der Waals surface area (Å²) in [5, 5.41) is 11.5. The number of pyridine rings is 1. The molecule has 1 aliphatic carbocycles. The SMILES string of the molecule is CC1CCCC(Sc2nc3ccccc3cc2C(=O)O)C1. The van der Waals surface area contributed by atoms with Gasteiger partial charge in [0, 0.05) is 10.6 Å². The number of carboxylic acids is 1. The lowest BCUT2D eigenvalue weighted by Crippen LogP contribution is -2.16. The fourth-order valence-corrected chi connectivity index (χ4v) is 4.43. The predicted molar refractivity (Wildman–Crippen MR) is 86.0 cm³/mol. The van der Waals surface area contributed by atoms with Crippen molar-refractivity contribution in [1.29, 1.82) is 0 Å². The minimum Gasteiger partial charge on any atom is -0.478 e. The van der Waals surface area contributed by atoms with Crippen LogP contribution in [-0.4, -0.2) is 21.3 Å². The number of benzene rings is 1. The van der Waals surface area contributed by atoms with Crippen LogP contribution in [-0.2, 0) is 0 Å². The highest BCUT2D eigenvalue weighted by molar-refractivity contribution is 7.99. The second kappa shape index (κ2) is 6.06. The van der Waals surface area contributed by atoms with Crippen molar-refractivity contribution in [3.8, 4) is 0 Å². The smallest absolute Gasteiger partial charge is 0.338 e. The largest absolute Gasteiger partial charge is 0.478 e. The van der Waals surface area contributed by atoms with E-state index in [0.717, 1.165) is 29.7 Å². The first-order valence-electron chi connectivity index (χ1n) is 7.43. The van der Waals surface area contributed by atoms with Crippen LogP contribution >= 0.6 is 11.8 Å². The minimum atomic E-state index is -0.889. The van der Waals surface area contributed by atoms with Crippen molar-refractivity contribution in [2.24, 2.45) is 5.92 Å². The highest BCUT2D eigenvalue weighted by atomic mass is 32.2. The number of carbonyl (C=O) groups is 1. The van der Waals surface area contributed by atoms with Crippen LogP contribution in [0.4, 0.5) is 0 Å². The summed E-state index contributed by atoms with van der Waals surface area (Å²) in [6, 6.07) is 9.44. The van der Waals surface area contributed by atoms with Crippen LogP contribution in [0.5, 0.6) is 0 Å². The molecule has 1 fully saturated rings. The van der Waals surface area contributed by atoms with Gasteiger partial charge in [-0.1, -0.05) is 38.0 Å². The van der Waals surface area contributed by atoms with E-state index < -0.39 is 5.97 Å². The topological polar surface area (TPSA) is 50.2 Å². The van der Waals surface area contributed by atoms with Gasteiger partial charge in [-0.15, -0.1) is 11.8 Å². The van der Waals surface area contributed by atoms with Gasteiger partial charge >= 0.3 is 5.97 Å². The number of hydrogen-bond donors (Lipinski definition) is 1. The van der Waals surface area contributed by atoms with Crippen molar-refractivity contribution in [3.63, 3.8) is 0 Å². The Balaban J connectivity index is 1.95. The number of aromatic nitrogens is 1. The van der Waals surface area contributed by atoms with Gasteiger partial charge in [0.2, 0.25) is 0 Å². The van der Waals surface area contributed by atoms with E-state index in [1.807, 2.05) is 24.3 Å². The molecule has 21 heavy (non-hydrogen) atoms. The molecule has 0 spiro atoms. The molecule has 4 heteroatoms. The number of thioether (sulfide) groups is 1. The van der Waals surface area contributed by atoms with Crippen LogP contribution in [0, 0.1) is 5.92 Å². The molecule has 1 heterocycles. The maximum Gasteiger partial charge on any atom is 0.338 e. The third kappa shape index (κ3) is 3.21. The van der Waals surface area contributed by atoms with E-state index in [1.165, 1.54) is 12.8 Å². The van der Waals surface area contributed by atoms with Crippen molar-refractivity contribution < 1.29 is 9.90 Å². The Morgan fingerprint density at radius 2 is 2.14 bits per heavy atom. The van der Waals surface area contributed by atoms with Crippen LogP contribution in [0.2, 0.25) is 0 Å². The van der Waals surface area contributed by atoms with E-state index in [2.05, 4.69) is 11.9 Å². The van der Waals surface area contributed by atoms with Crippen LogP contribution in [0.3, 0.4) is 0 Å². The van der Waals surface area contributed by atoms with Crippen LogP contribution in [0.15, 0.2) is 35.4 Å². The molecule has 3 rings (SSSR count). The lowest BCUT2D eigenvalue weighted by molar-refractivity contribution is 0.0692. The highest BCUT2D eigenvalue weighted by Crippen LogP contribution is 2.37. The minimum absolute atomic E-state index is 0.330. The van der Waals surface area contributed by atoms with Crippen LogP contribution < -0.4 is 0 Å². The summed E-state index contributed by atoms with van der Waals surface area (Å²) in [4.78, 5) is 16.1. The Bertz CT molecular complexity index is 671. The predicted octanol–water partition coefficient (Wildman–Crippen LogP) is 4.60.